The summed E-state index contributed by atoms with van der Waals surface area (Å²) in [5.74, 6) is -0.101. The third-order valence-electron chi connectivity index (χ3n) is 3.56. The van der Waals surface area contributed by atoms with Crippen LogP contribution in [-0.4, -0.2) is 44.6 Å². The summed E-state index contributed by atoms with van der Waals surface area (Å²) in [5, 5.41) is 0. The summed E-state index contributed by atoms with van der Waals surface area (Å²) < 4.78 is 40.5. The standard InChI is InChI=1S/C14H28O5S/c15-20(16,17)12-8-6-4-2-1-3-5-7-9-14-13-18-10-11-19-14/h14H,1-13H2,(H,15,16,17). The molecule has 1 atom stereocenters. The first-order valence-electron chi connectivity index (χ1n) is 7.72. The lowest BCUT2D eigenvalue weighted by atomic mass is 10.1. The minimum atomic E-state index is -3.76. The number of unbranched alkanes of at least 4 members (excludes halogenated alkanes) is 7. The fourth-order valence-corrected chi connectivity index (χ4v) is 2.99. The molecular weight excluding hydrogens is 280 g/mol. The summed E-state index contributed by atoms with van der Waals surface area (Å²) >= 11 is 0. The van der Waals surface area contributed by atoms with Crippen LogP contribution in [0.4, 0.5) is 0 Å². The number of hydrogen-bond donors (Lipinski definition) is 1. The van der Waals surface area contributed by atoms with Gasteiger partial charge in [-0.3, -0.25) is 4.55 Å². The lowest BCUT2D eigenvalue weighted by Crippen LogP contribution is -2.28. The number of ether oxygens (including phenoxy) is 2. The molecule has 1 aliphatic heterocycles. The second kappa shape index (κ2) is 10.5. The van der Waals surface area contributed by atoms with E-state index in [9.17, 15) is 8.42 Å². The third kappa shape index (κ3) is 10.6. The molecule has 1 fully saturated rings. The normalized spacial score (nSPS) is 20.1. The molecule has 6 heteroatoms. The molecular formula is C14H28O5S. The van der Waals surface area contributed by atoms with E-state index in [1.807, 2.05) is 0 Å². The minimum absolute atomic E-state index is 0.101. The molecule has 1 unspecified atom stereocenters. The summed E-state index contributed by atoms with van der Waals surface area (Å²) in [6.07, 6.45) is 9.88. The van der Waals surface area contributed by atoms with E-state index in [1.54, 1.807) is 0 Å². The van der Waals surface area contributed by atoms with Crippen LogP contribution in [-0.2, 0) is 19.6 Å². The maximum Gasteiger partial charge on any atom is 0.264 e. The van der Waals surface area contributed by atoms with Crippen molar-refractivity contribution >= 4 is 10.1 Å². The second-order valence-corrected chi connectivity index (χ2v) is 7.04. The van der Waals surface area contributed by atoms with Gasteiger partial charge in [-0.15, -0.1) is 0 Å². The van der Waals surface area contributed by atoms with Crippen molar-refractivity contribution in [3.63, 3.8) is 0 Å². The fourth-order valence-electron chi connectivity index (χ4n) is 2.42. The molecule has 0 aromatic carbocycles. The Morgan fingerprint density at radius 1 is 0.900 bits per heavy atom. The van der Waals surface area contributed by atoms with E-state index in [2.05, 4.69) is 0 Å². The van der Waals surface area contributed by atoms with Crippen LogP contribution in [0, 0.1) is 0 Å². The first-order chi connectivity index (χ1) is 9.58. The third-order valence-corrected chi connectivity index (χ3v) is 4.37. The van der Waals surface area contributed by atoms with Crippen molar-refractivity contribution in [2.45, 2.75) is 63.9 Å². The monoisotopic (exact) mass is 308 g/mol. The SMILES string of the molecule is O=S(=O)(O)CCCCCCCCCCC1COCCO1. The van der Waals surface area contributed by atoms with Crippen LogP contribution in [0.2, 0.25) is 0 Å². The molecule has 0 aliphatic carbocycles. The van der Waals surface area contributed by atoms with E-state index in [-0.39, 0.29) is 5.75 Å². The maximum atomic E-state index is 10.5. The maximum absolute atomic E-state index is 10.5. The molecule has 0 saturated carbocycles. The zero-order valence-electron chi connectivity index (χ0n) is 12.3. The molecule has 1 N–H and O–H groups in total. The fraction of sp³-hybridized carbons (Fsp3) is 1.00. The van der Waals surface area contributed by atoms with Gasteiger partial charge in [-0.1, -0.05) is 44.9 Å². The Balaban J connectivity index is 1.78. The van der Waals surface area contributed by atoms with Gasteiger partial charge < -0.3 is 9.47 Å². The van der Waals surface area contributed by atoms with E-state index >= 15 is 0 Å². The molecule has 1 aliphatic rings. The lowest BCUT2D eigenvalue weighted by molar-refractivity contribution is -0.0912. The van der Waals surface area contributed by atoms with Gasteiger partial charge in [-0.2, -0.15) is 8.42 Å². The molecule has 0 spiro atoms. The Hall–Kier alpha value is -0.170. The Morgan fingerprint density at radius 2 is 1.50 bits per heavy atom. The van der Waals surface area contributed by atoms with Gasteiger partial charge >= 0.3 is 0 Å². The van der Waals surface area contributed by atoms with Crippen molar-refractivity contribution in [2.24, 2.45) is 0 Å². The highest BCUT2D eigenvalue weighted by Gasteiger charge is 2.13. The van der Waals surface area contributed by atoms with Crippen LogP contribution in [0.5, 0.6) is 0 Å². The van der Waals surface area contributed by atoms with E-state index in [1.165, 1.54) is 25.7 Å². The van der Waals surface area contributed by atoms with Crippen LogP contribution in [0.3, 0.4) is 0 Å². The molecule has 0 bridgehead atoms. The van der Waals surface area contributed by atoms with Gasteiger partial charge in [0.15, 0.2) is 0 Å². The molecule has 0 aromatic rings. The van der Waals surface area contributed by atoms with Crippen LogP contribution in [0.15, 0.2) is 0 Å². The number of hydrogen-bond acceptors (Lipinski definition) is 4. The van der Waals surface area contributed by atoms with Crippen molar-refractivity contribution in [1.29, 1.82) is 0 Å². The largest absolute Gasteiger partial charge is 0.376 e. The van der Waals surface area contributed by atoms with Gasteiger partial charge in [0, 0.05) is 0 Å². The lowest BCUT2D eigenvalue weighted by Gasteiger charge is -2.22. The van der Waals surface area contributed by atoms with Gasteiger partial charge in [0.05, 0.1) is 31.7 Å². The Labute approximate surface area is 122 Å². The van der Waals surface area contributed by atoms with Gasteiger partial charge in [-0.25, -0.2) is 0 Å². The molecule has 0 amide bonds. The quantitative estimate of drug-likeness (QED) is 0.469. The zero-order chi connectivity index (χ0) is 14.7. The van der Waals surface area contributed by atoms with Crippen molar-refractivity contribution in [1.82, 2.24) is 0 Å². The van der Waals surface area contributed by atoms with E-state index in [4.69, 9.17) is 14.0 Å². The van der Waals surface area contributed by atoms with Crippen molar-refractivity contribution in [3.05, 3.63) is 0 Å². The average Bonchev–Trinajstić information content (AvgIpc) is 2.41. The molecule has 0 radical (unpaired) electrons. The van der Waals surface area contributed by atoms with Crippen LogP contribution >= 0.6 is 0 Å². The molecule has 1 saturated heterocycles. The predicted octanol–water partition coefficient (Wildman–Crippen LogP) is 2.80. The zero-order valence-corrected chi connectivity index (χ0v) is 13.1. The van der Waals surface area contributed by atoms with E-state index in [0.717, 1.165) is 45.5 Å². The molecule has 1 rings (SSSR count). The van der Waals surface area contributed by atoms with Crippen molar-refractivity contribution < 1.29 is 22.4 Å². The summed E-state index contributed by atoms with van der Waals surface area (Å²) in [6.45, 7) is 2.20. The highest BCUT2D eigenvalue weighted by atomic mass is 32.2. The van der Waals surface area contributed by atoms with Crippen LogP contribution in [0.1, 0.15) is 57.8 Å². The molecule has 0 aromatic heterocycles. The molecule has 20 heavy (non-hydrogen) atoms. The van der Waals surface area contributed by atoms with Crippen LogP contribution in [0.25, 0.3) is 0 Å². The Bertz CT molecular complexity index is 322. The average molecular weight is 308 g/mol. The summed E-state index contributed by atoms with van der Waals surface area (Å²) in [7, 11) is -3.76. The highest BCUT2D eigenvalue weighted by Crippen LogP contribution is 2.13. The first kappa shape index (κ1) is 17.9. The Morgan fingerprint density at radius 3 is 2.05 bits per heavy atom. The summed E-state index contributed by atoms with van der Waals surface area (Å²) in [5.41, 5.74) is 0. The summed E-state index contributed by atoms with van der Waals surface area (Å²) in [6, 6.07) is 0. The topological polar surface area (TPSA) is 72.8 Å². The van der Waals surface area contributed by atoms with E-state index < -0.39 is 10.1 Å². The number of rotatable bonds is 11. The molecule has 120 valence electrons. The first-order valence-corrected chi connectivity index (χ1v) is 9.33. The Kier molecular flexibility index (Phi) is 9.42. The van der Waals surface area contributed by atoms with Crippen molar-refractivity contribution in [3.8, 4) is 0 Å². The smallest absolute Gasteiger partial charge is 0.264 e. The van der Waals surface area contributed by atoms with Gasteiger partial charge in [0.1, 0.15) is 0 Å². The second-order valence-electron chi connectivity index (χ2n) is 5.47. The minimum Gasteiger partial charge on any atom is -0.376 e. The molecule has 1 heterocycles. The molecule has 5 nitrogen and oxygen atoms in total. The highest BCUT2D eigenvalue weighted by molar-refractivity contribution is 7.85. The summed E-state index contributed by atoms with van der Waals surface area (Å²) in [4.78, 5) is 0. The van der Waals surface area contributed by atoms with Gasteiger partial charge in [-0.05, 0) is 12.8 Å². The van der Waals surface area contributed by atoms with E-state index in [0.29, 0.717) is 12.5 Å². The van der Waals surface area contributed by atoms with Gasteiger partial charge in [0.2, 0.25) is 0 Å². The van der Waals surface area contributed by atoms with Crippen LogP contribution < -0.4 is 0 Å². The van der Waals surface area contributed by atoms with Gasteiger partial charge in [0.25, 0.3) is 10.1 Å². The van der Waals surface area contributed by atoms with Crippen molar-refractivity contribution in [2.75, 3.05) is 25.6 Å². The predicted molar refractivity (Wildman–Crippen MR) is 78.5 cm³/mol.